The number of rotatable bonds is 9. The van der Waals surface area contributed by atoms with E-state index in [0.29, 0.717) is 23.1 Å². The Morgan fingerprint density at radius 2 is 1.82 bits per heavy atom. The van der Waals surface area contributed by atoms with Crippen LogP contribution in [0.3, 0.4) is 0 Å². The largest absolute Gasteiger partial charge is 0.495 e. The molecule has 0 aliphatic carbocycles. The Bertz CT molecular complexity index is 1070. The van der Waals surface area contributed by atoms with E-state index in [9.17, 15) is 4.79 Å². The first-order valence-electron chi connectivity index (χ1n) is 11.0. The Hall–Kier alpha value is -3.00. The fourth-order valence-corrected chi connectivity index (χ4v) is 4.17. The minimum atomic E-state index is -0.283. The maximum absolute atomic E-state index is 12.5. The lowest BCUT2D eigenvalue weighted by molar-refractivity contribution is -0.113. The molecular formula is C25H32N4O3S. The first-order chi connectivity index (χ1) is 15.7. The lowest BCUT2D eigenvalue weighted by Gasteiger charge is -2.20. The van der Waals surface area contributed by atoms with Gasteiger partial charge in [-0.2, -0.15) is 0 Å². The molecule has 1 aromatic heterocycles. The van der Waals surface area contributed by atoms with Crippen molar-refractivity contribution in [2.75, 3.05) is 18.2 Å². The molecule has 8 heteroatoms. The number of methoxy groups -OCH3 is 1. The fourth-order valence-electron chi connectivity index (χ4n) is 3.36. The second-order valence-electron chi connectivity index (χ2n) is 8.66. The van der Waals surface area contributed by atoms with Crippen LogP contribution in [0.25, 0.3) is 0 Å². The van der Waals surface area contributed by atoms with Gasteiger partial charge < -0.3 is 19.4 Å². The van der Waals surface area contributed by atoms with Gasteiger partial charge in [0.25, 0.3) is 0 Å². The van der Waals surface area contributed by atoms with Crippen LogP contribution in [-0.2, 0) is 16.8 Å². The molecule has 0 bridgehead atoms. The van der Waals surface area contributed by atoms with Crippen LogP contribution in [0.15, 0.2) is 53.7 Å². The molecule has 0 radical (unpaired) electrons. The molecule has 0 aliphatic heterocycles. The van der Waals surface area contributed by atoms with Gasteiger partial charge in [-0.15, -0.1) is 10.2 Å². The zero-order valence-electron chi connectivity index (χ0n) is 20.1. The third-order valence-electron chi connectivity index (χ3n) is 5.17. The van der Waals surface area contributed by atoms with Gasteiger partial charge in [0, 0.05) is 6.54 Å². The van der Waals surface area contributed by atoms with Crippen LogP contribution in [-0.4, -0.2) is 33.5 Å². The third-order valence-corrected chi connectivity index (χ3v) is 6.14. The van der Waals surface area contributed by atoms with Gasteiger partial charge in [0.2, 0.25) is 5.91 Å². The number of benzene rings is 2. The molecule has 0 aliphatic rings. The van der Waals surface area contributed by atoms with Gasteiger partial charge in [0.15, 0.2) is 17.1 Å². The van der Waals surface area contributed by atoms with Crippen molar-refractivity contribution in [3.8, 4) is 11.5 Å². The Balaban J connectivity index is 1.63. The molecule has 0 fully saturated rings. The second kappa shape index (κ2) is 10.7. The summed E-state index contributed by atoms with van der Waals surface area (Å²) in [5.74, 6) is 2.20. The number of ether oxygens (including phenoxy) is 2. The van der Waals surface area contributed by atoms with Crippen molar-refractivity contribution in [2.45, 2.75) is 57.8 Å². The molecule has 1 heterocycles. The number of nitrogens with zero attached hydrogens (tertiary/aromatic N) is 3. The molecular weight excluding hydrogens is 436 g/mol. The molecule has 1 unspecified atom stereocenters. The number of aromatic nitrogens is 3. The summed E-state index contributed by atoms with van der Waals surface area (Å²) in [6.07, 6.45) is -0.283. The average Bonchev–Trinajstić information content (AvgIpc) is 3.21. The van der Waals surface area contributed by atoms with Crippen molar-refractivity contribution in [3.05, 3.63) is 59.9 Å². The summed E-state index contributed by atoms with van der Waals surface area (Å²) in [5, 5.41) is 12.2. The van der Waals surface area contributed by atoms with Crippen molar-refractivity contribution in [3.63, 3.8) is 0 Å². The van der Waals surface area contributed by atoms with E-state index < -0.39 is 0 Å². The van der Waals surface area contributed by atoms with Crippen molar-refractivity contribution in [1.82, 2.24) is 14.8 Å². The standard InChI is InChI=1S/C25H32N4O3S/c1-7-29-23(17(2)32-19-14-12-18(13-15-19)25(3,4)5)27-28-24(29)33-16-22(30)26-20-10-8-9-11-21(20)31-6/h8-15,17H,7,16H2,1-6H3,(H,26,30). The maximum atomic E-state index is 12.5. The smallest absolute Gasteiger partial charge is 0.234 e. The Kier molecular flexibility index (Phi) is 8.02. The topological polar surface area (TPSA) is 78.3 Å². The molecule has 33 heavy (non-hydrogen) atoms. The van der Waals surface area contributed by atoms with E-state index >= 15 is 0 Å². The number of thioether (sulfide) groups is 1. The summed E-state index contributed by atoms with van der Waals surface area (Å²) in [4.78, 5) is 12.5. The summed E-state index contributed by atoms with van der Waals surface area (Å²) in [6, 6.07) is 15.5. The number of anilines is 1. The molecule has 7 nitrogen and oxygen atoms in total. The second-order valence-corrected chi connectivity index (χ2v) is 9.60. The van der Waals surface area contributed by atoms with E-state index in [4.69, 9.17) is 9.47 Å². The highest BCUT2D eigenvalue weighted by molar-refractivity contribution is 7.99. The van der Waals surface area contributed by atoms with Gasteiger partial charge in [-0.25, -0.2) is 0 Å². The number of hydrogen-bond acceptors (Lipinski definition) is 6. The highest BCUT2D eigenvalue weighted by atomic mass is 32.2. The lowest BCUT2D eigenvalue weighted by atomic mass is 9.87. The van der Waals surface area contributed by atoms with Crippen molar-refractivity contribution in [1.29, 1.82) is 0 Å². The van der Waals surface area contributed by atoms with Crippen LogP contribution >= 0.6 is 11.8 Å². The number of hydrogen-bond donors (Lipinski definition) is 1. The zero-order chi connectivity index (χ0) is 24.0. The van der Waals surface area contributed by atoms with Gasteiger partial charge in [0.1, 0.15) is 11.5 Å². The number of carbonyl (C=O) groups excluding carboxylic acids is 1. The summed E-state index contributed by atoms with van der Waals surface area (Å²) < 4.78 is 13.4. The summed E-state index contributed by atoms with van der Waals surface area (Å²) in [6.45, 7) is 11.2. The molecule has 1 amide bonds. The minimum Gasteiger partial charge on any atom is -0.495 e. The van der Waals surface area contributed by atoms with E-state index in [1.54, 1.807) is 19.2 Å². The Morgan fingerprint density at radius 1 is 1.12 bits per heavy atom. The van der Waals surface area contributed by atoms with Gasteiger partial charge in [-0.3, -0.25) is 4.79 Å². The van der Waals surface area contributed by atoms with E-state index in [1.807, 2.05) is 42.7 Å². The predicted octanol–water partition coefficient (Wildman–Crippen LogP) is 5.47. The normalized spacial score (nSPS) is 12.3. The van der Waals surface area contributed by atoms with Gasteiger partial charge in [-0.05, 0) is 49.1 Å². The molecule has 3 rings (SSSR count). The average molecular weight is 469 g/mol. The van der Waals surface area contributed by atoms with Crippen molar-refractivity contribution < 1.29 is 14.3 Å². The third kappa shape index (κ3) is 6.28. The van der Waals surface area contributed by atoms with Crippen LogP contribution in [0.5, 0.6) is 11.5 Å². The predicted molar refractivity (Wildman–Crippen MR) is 132 cm³/mol. The van der Waals surface area contributed by atoms with E-state index in [-0.39, 0.29) is 23.2 Å². The number of amides is 1. The SMILES string of the molecule is CCn1c(SCC(=O)Nc2ccccc2OC)nnc1C(C)Oc1ccc(C(C)(C)C)cc1. The van der Waals surface area contributed by atoms with Crippen molar-refractivity contribution >= 4 is 23.4 Å². The Morgan fingerprint density at radius 3 is 2.45 bits per heavy atom. The highest BCUT2D eigenvalue weighted by Crippen LogP contribution is 2.28. The molecule has 0 spiro atoms. The lowest BCUT2D eigenvalue weighted by Crippen LogP contribution is -2.16. The van der Waals surface area contributed by atoms with Crippen LogP contribution in [0.4, 0.5) is 5.69 Å². The number of para-hydroxylation sites is 2. The quantitative estimate of drug-likeness (QED) is 0.419. The first kappa shape index (κ1) is 24.6. The first-order valence-corrected chi connectivity index (χ1v) is 12.0. The minimum absolute atomic E-state index is 0.0938. The number of nitrogens with one attached hydrogen (secondary N) is 1. The van der Waals surface area contributed by atoms with Gasteiger partial charge >= 0.3 is 0 Å². The summed E-state index contributed by atoms with van der Waals surface area (Å²) >= 11 is 1.34. The van der Waals surface area contributed by atoms with Crippen LogP contribution in [0.1, 0.15) is 52.1 Å². The van der Waals surface area contributed by atoms with E-state index in [0.717, 1.165) is 11.6 Å². The van der Waals surface area contributed by atoms with E-state index in [1.165, 1.54) is 17.3 Å². The van der Waals surface area contributed by atoms with Crippen LogP contribution in [0, 0.1) is 0 Å². The van der Waals surface area contributed by atoms with Gasteiger partial charge in [-0.1, -0.05) is 56.8 Å². The highest BCUT2D eigenvalue weighted by Gasteiger charge is 2.20. The molecule has 0 saturated heterocycles. The maximum Gasteiger partial charge on any atom is 0.234 e. The molecule has 2 aromatic carbocycles. The zero-order valence-corrected chi connectivity index (χ0v) is 20.9. The number of carbonyl (C=O) groups is 1. The summed E-state index contributed by atoms with van der Waals surface area (Å²) in [5.41, 5.74) is 1.99. The Labute approximate surface area is 199 Å². The monoisotopic (exact) mass is 468 g/mol. The summed E-state index contributed by atoms with van der Waals surface area (Å²) in [7, 11) is 1.58. The van der Waals surface area contributed by atoms with E-state index in [2.05, 4.69) is 48.4 Å². The van der Waals surface area contributed by atoms with Crippen LogP contribution < -0.4 is 14.8 Å². The van der Waals surface area contributed by atoms with Gasteiger partial charge in [0.05, 0.1) is 18.6 Å². The molecule has 0 saturated carbocycles. The fraction of sp³-hybridized carbons (Fsp3) is 0.400. The van der Waals surface area contributed by atoms with Crippen molar-refractivity contribution in [2.24, 2.45) is 0 Å². The molecule has 176 valence electrons. The molecule has 1 atom stereocenters. The van der Waals surface area contributed by atoms with Crippen LogP contribution in [0.2, 0.25) is 0 Å². The molecule has 1 N–H and O–H groups in total. The molecule has 3 aromatic rings.